The third kappa shape index (κ3) is 2.11. The van der Waals surface area contributed by atoms with Crippen LogP contribution in [-0.2, 0) is 11.2 Å². The number of rotatable bonds is 1. The van der Waals surface area contributed by atoms with Crippen LogP contribution in [0.1, 0.15) is 11.1 Å². The van der Waals surface area contributed by atoms with E-state index >= 15 is 0 Å². The Labute approximate surface area is 121 Å². The van der Waals surface area contributed by atoms with Crippen molar-refractivity contribution in [2.24, 2.45) is 0 Å². The van der Waals surface area contributed by atoms with E-state index in [0.29, 0.717) is 16.5 Å². The zero-order chi connectivity index (χ0) is 13.6. The molecule has 1 amide bonds. The van der Waals surface area contributed by atoms with Crippen molar-refractivity contribution in [3.8, 4) is 11.1 Å². The molecule has 2 aromatic rings. The molecule has 3 rings (SSSR count). The van der Waals surface area contributed by atoms with Crippen molar-refractivity contribution in [2.45, 2.75) is 13.3 Å². The van der Waals surface area contributed by atoms with Crippen molar-refractivity contribution >= 4 is 34.8 Å². The van der Waals surface area contributed by atoms with Gasteiger partial charge in [0.25, 0.3) is 0 Å². The number of anilines is 1. The molecule has 0 saturated heterocycles. The predicted octanol–water partition coefficient (Wildman–Crippen LogP) is 4.46. The van der Waals surface area contributed by atoms with E-state index in [1.54, 1.807) is 0 Å². The summed E-state index contributed by atoms with van der Waals surface area (Å²) >= 11 is 12.6. The van der Waals surface area contributed by atoms with E-state index < -0.39 is 0 Å². The van der Waals surface area contributed by atoms with Gasteiger partial charge in [0.15, 0.2) is 0 Å². The van der Waals surface area contributed by atoms with Gasteiger partial charge in [-0.2, -0.15) is 0 Å². The van der Waals surface area contributed by atoms with Gasteiger partial charge in [0, 0.05) is 16.3 Å². The smallest absolute Gasteiger partial charge is 0.228 e. The summed E-state index contributed by atoms with van der Waals surface area (Å²) in [4.78, 5) is 11.4. The Hall–Kier alpha value is -1.51. The summed E-state index contributed by atoms with van der Waals surface area (Å²) in [5.41, 5.74) is 4.60. The van der Waals surface area contributed by atoms with Gasteiger partial charge in [-0.15, -0.1) is 0 Å². The fraction of sp³-hybridized carbons (Fsp3) is 0.133. The van der Waals surface area contributed by atoms with Gasteiger partial charge in [-0.05, 0) is 41.8 Å². The summed E-state index contributed by atoms with van der Waals surface area (Å²) in [6.45, 7) is 1.95. The van der Waals surface area contributed by atoms with E-state index in [4.69, 9.17) is 23.2 Å². The Morgan fingerprint density at radius 2 is 1.95 bits per heavy atom. The standard InChI is InChI=1S/C15H11Cl2NO/c1-8-2-4-11(16)14(15(8)17)9-3-5-12-10(6-9)7-13(19)18-12/h2-6H,7H2,1H3,(H,18,19). The van der Waals surface area contributed by atoms with Gasteiger partial charge < -0.3 is 5.32 Å². The van der Waals surface area contributed by atoms with Crippen molar-refractivity contribution in [3.05, 3.63) is 51.5 Å². The molecule has 4 heteroatoms. The lowest BCUT2D eigenvalue weighted by molar-refractivity contribution is -0.115. The average Bonchev–Trinajstić information content (AvgIpc) is 2.74. The van der Waals surface area contributed by atoms with E-state index in [1.807, 2.05) is 37.3 Å². The molecule has 0 spiro atoms. The number of benzene rings is 2. The van der Waals surface area contributed by atoms with Crippen LogP contribution in [0.5, 0.6) is 0 Å². The third-order valence-corrected chi connectivity index (χ3v) is 4.11. The highest BCUT2D eigenvalue weighted by Gasteiger charge is 2.19. The minimum Gasteiger partial charge on any atom is -0.326 e. The zero-order valence-corrected chi connectivity index (χ0v) is 11.8. The van der Waals surface area contributed by atoms with Gasteiger partial charge in [-0.1, -0.05) is 35.3 Å². The molecule has 0 fully saturated rings. The Morgan fingerprint density at radius 3 is 2.74 bits per heavy atom. The fourth-order valence-electron chi connectivity index (χ4n) is 2.31. The minimum atomic E-state index is 0.0218. The molecule has 0 bridgehead atoms. The second kappa shape index (κ2) is 4.55. The van der Waals surface area contributed by atoms with Crippen LogP contribution in [0, 0.1) is 6.92 Å². The molecule has 1 heterocycles. The number of aryl methyl sites for hydroxylation is 1. The Kier molecular flexibility index (Phi) is 3.00. The monoisotopic (exact) mass is 291 g/mol. The molecule has 2 nitrogen and oxygen atoms in total. The van der Waals surface area contributed by atoms with Crippen molar-refractivity contribution < 1.29 is 4.79 Å². The van der Waals surface area contributed by atoms with E-state index in [9.17, 15) is 4.79 Å². The first-order valence-corrected chi connectivity index (χ1v) is 6.69. The molecular weight excluding hydrogens is 281 g/mol. The lowest BCUT2D eigenvalue weighted by Crippen LogP contribution is -2.03. The molecule has 1 aliphatic rings. The first-order valence-electron chi connectivity index (χ1n) is 5.94. The highest BCUT2D eigenvalue weighted by Crippen LogP contribution is 2.38. The van der Waals surface area contributed by atoms with E-state index in [-0.39, 0.29) is 5.91 Å². The van der Waals surface area contributed by atoms with Gasteiger partial charge in [-0.25, -0.2) is 0 Å². The maximum atomic E-state index is 11.4. The van der Waals surface area contributed by atoms with Crippen LogP contribution in [0.4, 0.5) is 5.69 Å². The van der Waals surface area contributed by atoms with Crippen LogP contribution >= 0.6 is 23.2 Å². The zero-order valence-electron chi connectivity index (χ0n) is 10.3. The lowest BCUT2D eigenvalue weighted by atomic mass is 10.00. The largest absolute Gasteiger partial charge is 0.326 e. The Morgan fingerprint density at radius 1 is 1.16 bits per heavy atom. The molecule has 0 atom stereocenters. The Bertz CT molecular complexity index is 695. The van der Waals surface area contributed by atoms with Crippen LogP contribution < -0.4 is 5.32 Å². The molecule has 2 aromatic carbocycles. The molecular formula is C15H11Cl2NO. The van der Waals surface area contributed by atoms with E-state index in [0.717, 1.165) is 27.9 Å². The van der Waals surface area contributed by atoms with Crippen LogP contribution in [0.15, 0.2) is 30.3 Å². The first kappa shape index (κ1) is 12.5. The SMILES string of the molecule is Cc1ccc(Cl)c(-c2ccc3c(c2)CC(=O)N3)c1Cl. The number of nitrogens with one attached hydrogen (secondary N) is 1. The first-order chi connectivity index (χ1) is 9.06. The number of hydrogen-bond acceptors (Lipinski definition) is 1. The van der Waals surface area contributed by atoms with Crippen molar-refractivity contribution in [1.29, 1.82) is 0 Å². The number of halogens is 2. The summed E-state index contributed by atoms with van der Waals surface area (Å²) in [7, 11) is 0. The maximum absolute atomic E-state index is 11.4. The van der Waals surface area contributed by atoms with Crippen molar-refractivity contribution in [1.82, 2.24) is 0 Å². The minimum absolute atomic E-state index is 0.0218. The summed E-state index contributed by atoms with van der Waals surface area (Å²) in [6.07, 6.45) is 0.407. The molecule has 1 aliphatic heterocycles. The Balaban J connectivity index is 2.17. The summed E-state index contributed by atoms with van der Waals surface area (Å²) in [5.74, 6) is 0.0218. The second-order valence-electron chi connectivity index (χ2n) is 4.65. The van der Waals surface area contributed by atoms with Crippen molar-refractivity contribution in [2.75, 3.05) is 5.32 Å². The molecule has 0 saturated carbocycles. The van der Waals surface area contributed by atoms with Crippen LogP contribution in [-0.4, -0.2) is 5.91 Å². The highest BCUT2D eigenvalue weighted by atomic mass is 35.5. The second-order valence-corrected chi connectivity index (χ2v) is 5.44. The number of carbonyl (C=O) groups excluding carboxylic acids is 1. The molecule has 0 aliphatic carbocycles. The normalized spacial score (nSPS) is 13.3. The maximum Gasteiger partial charge on any atom is 0.228 e. The molecule has 0 aromatic heterocycles. The van der Waals surface area contributed by atoms with Gasteiger partial charge in [-0.3, -0.25) is 4.79 Å². The average molecular weight is 292 g/mol. The number of fused-ring (bicyclic) bond motifs is 1. The fourth-order valence-corrected chi connectivity index (χ4v) is 2.89. The van der Waals surface area contributed by atoms with Crippen LogP contribution in [0.25, 0.3) is 11.1 Å². The number of carbonyl (C=O) groups is 1. The predicted molar refractivity (Wildman–Crippen MR) is 79.0 cm³/mol. The third-order valence-electron chi connectivity index (χ3n) is 3.30. The summed E-state index contributed by atoms with van der Waals surface area (Å²) in [5, 5.41) is 4.09. The lowest BCUT2D eigenvalue weighted by Gasteiger charge is -2.11. The molecule has 0 unspecified atom stereocenters. The molecule has 0 radical (unpaired) electrons. The number of amides is 1. The molecule has 96 valence electrons. The van der Waals surface area contributed by atoms with Gasteiger partial charge >= 0.3 is 0 Å². The highest BCUT2D eigenvalue weighted by molar-refractivity contribution is 6.39. The van der Waals surface area contributed by atoms with E-state index in [2.05, 4.69) is 5.32 Å². The van der Waals surface area contributed by atoms with Crippen molar-refractivity contribution in [3.63, 3.8) is 0 Å². The molecule has 1 N–H and O–H groups in total. The van der Waals surface area contributed by atoms with Gasteiger partial charge in [0.05, 0.1) is 11.4 Å². The quantitative estimate of drug-likeness (QED) is 0.825. The van der Waals surface area contributed by atoms with Crippen LogP contribution in [0.2, 0.25) is 10.0 Å². The van der Waals surface area contributed by atoms with Gasteiger partial charge in [0.1, 0.15) is 0 Å². The molecule has 19 heavy (non-hydrogen) atoms. The van der Waals surface area contributed by atoms with Gasteiger partial charge in [0.2, 0.25) is 5.91 Å². The van der Waals surface area contributed by atoms with Crippen LogP contribution in [0.3, 0.4) is 0 Å². The number of hydrogen-bond donors (Lipinski definition) is 1. The van der Waals surface area contributed by atoms with E-state index in [1.165, 1.54) is 0 Å². The topological polar surface area (TPSA) is 29.1 Å². The summed E-state index contributed by atoms with van der Waals surface area (Å²) in [6, 6.07) is 9.53. The summed E-state index contributed by atoms with van der Waals surface area (Å²) < 4.78 is 0.